The lowest BCUT2D eigenvalue weighted by atomic mass is 9.90. The third kappa shape index (κ3) is 4.41. The number of urea groups is 1. The normalized spacial score (nSPS) is 29.6. The molecular formula is C17H31F2N5O. The Bertz CT molecular complexity index is 464. The monoisotopic (exact) mass is 359 g/mol. The highest BCUT2D eigenvalue weighted by Crippen LogP contribution is 2.35. The van der Waals surface area contributed by atoms with Gasteiger partial charge in [-0.2, -0.15) is 0 Å². The van der Waals surface area contributed by atoms with E-state index in [0.717, 1.165) is 52.2 Å². The lowest BCUT2D eigenvalue weighted by Gasteiger charge is -2.51. The molecule has 3 fully saturated rings. The van der Waals surface area contributed by atoms with Gasteiger partial charge >= 0.3 is 6.03 Å². The number of piperidine rings is 1. The molecule has 0 aliphatic carbocycles. The molecule has 0 aromatic heterocycles. The van der Waals surface area contributed by atoms with E-state index in [0.29, 0.717) is 25.4 Å². The van der Waals surface area contributed by atoms with Gasteiger partial charge in [-0.15, -0.1) is 0 Å². The summed E-state index contributed by atoms with van der Waals surface area (Å²) in [5.74, 6) is -2.14. The van der Waals surface area contributed by atoms with Gasteiger partial charge in [0, 0.05) is 52.4 Å². The van der Waals surface area contributed by atoms with E-state index in [1.165, 1.54) is 0 Å². The summed E-state index contributed by atoms with van der Waals surface area (Å²) < 4.78 is 28.9. The number of hydrogen-bond acceptors (Lipinski definition) is 4. The zero-order chi connectivity index (χ0) is 18.0. The molecule has 2 amide bonds. The van der Waals surface area contributed by atoms with Crippen LogP contribution in [0.15, 0.2) is 0 Å². The molecule has 0 aromatic rings. The van der Waals surface area contributed by atoms with E-state index in [-0.39, 0.29) is 12.6 Å². The minimum atomic E-state index is -2.61. The third-order valence-electron chi connectivity index (χ3n) is 5.81. The van der Waals surface area contributed by atoms with E-state index in [2.05, 4.69) is 4.90 Å². The molecule has 3 aliphatic rings. The molecule has 3 rings (SSSR count). The standard InChI is InChI=1S/C17H31F2N5O/c1-2-4-22-5-3-15(17(18,19)13-22)24-11-14(12-24)10-21-6-8-23(9-7-21)16(20)25/h14-15H,2-13H2,1H3,(H2,20,25). The van der Waals surface area contributed by atoms with E-state index in [4.69, 9.17) is 5.73 Å². The number of carbonyl (C=O) groups excluding carboxylic acids is 1. The number of carbonyl (C=O) groups is 1. The van der Waals surface area contributed by atoms with E-state index >= 15 is 0 Å². The molecule has 25 heavy (non-hydrogen) atoms. The lowest BCUT2D eigenvalue weighted by molar-refractivity contribution is -0.150. The summed E-state index contributed by atoms with van der Waals surface area (Å²) in [6, 6.07) is -0.949. The van der Waals surface area contributed by atoms with Gasteiger partial charge in [-0.25, -0.2) is 13.6 Å². The van der Waals surface area contributed by atoms with Crippen LogP contribution in [0.1, 0.15) is 19.8 Å². The van der Waals surface area contributed by atoms with Gasteiger partial charge in [0.1, 0.15) is 0 Å². The molecule has 0 aromatic carbocycles. The van der Waals surface area contributed by atoms with Gasteiger partial charge in [0.15, 0.2) is 0 Å². The predicted octanol–water partition coefficient (Wildman–Crippen LogP) is 0.734. The molecule has 6 nitrogen and oxygen atoms in total. The van der Waals surface area contributed by atoms with Gasteiger partial charge in [-0.1, -0.05) is 6.92 Å². The first kappa shape index (κ1) is 18.8. The Kier molecular flexibility index (Phi) is 5.80. The molecule has 1 atom stereocenters. The first-order valence-electron chi connectivity index (χ1n) is 9.50. The van der Waals surface area contributed by atoms with Gasteiger partial charge in [0.2, 0.25) is 0 Å². The summed E-state index contributed by atoms with van der Waals surface area (Å²) in [6.07, 6.45) is 1.49. The lowest BCUT2D eigenvalue weighted by Crippen LogP contribution is -2.65. The number of primary amides is 1. The molecule has 0 bridgehead atoms. The van der Waals surface area contributed by atoms with Crippen LogP contribution >= 0.6 is 0 Å². The van der Waals surface area contributed by atoms with Crippen molar-refractivity contribution < 1.29 is 13.6 Å². The van der Waals surface area contributed by atoms with Crippen molar-refractivity contribution in [2.24, 2.45) is 11.7 Å². The van der Waals surface area contributed by atoms with Crippen molar-refractivity contribution in [2.75, 3.05) is 65.4 Å². The number of nitrogens with zero attached hydrogens (tertiary/aromatic N) is 4. The van der Waals surface area contributed by atoms with Crippen LogP contribution in [-0.4, -0.2) is 103 Å². The van der Waals surface area contributed by atoms with Crippen molar-refractivity contribution >= 4 is 6.03 Å². The Labute approximate surface area is 148 Å². The highest BCUT2D eigenvalue weighted by Gasteiger charge is 2.50. The van der Waals surface area contributed by atoms with E-state index in [1.54, 1.807) is 4.90 Å². The van der Waals surface area contributed by atoms with E-state index in [9.17, 15) is 13.6 Å². The van der Waals surface area contributed by atoms with E-state index in [1.807, 2.05) is 16.7 Å². The predicted molar refractivity (Wildman–Crippen MR) is 92.7 cm³/mol. The first-order chi connectivity index (χ1) is 11.9. The Hall–Kier alpha value is -0.990. The Morgan fingerprint density at radius 3 is 2.36 bits per heavy atom. The van der Waals surface area contributed by atoms with Gasteiger partial charge in [0.05, 0.1) is 12.6 Å². The van der Waals surface area contributed by atoms with Crippen molar-refractivity contribution in [1.29, 1.82) is 0 Å². The van der Waals surface area contributed by atoms with Crippen molar-refractivity contribution in [2.45, 2.75) is 31.7 Å². The second-order valence-corrected chi connectivity index (χ2v) is 7.79. The minimum Gasteiger partial charge on any atom is -0.351 e. The van der Waals surface area contributed by atoms with Gasteiger partial charge in [0.25, 0.3) is 5.92 Å². The van der Waals surface area contributed by atoms with Crippen LogP contribution in [0.4, 0.5) is 13.6 Å². The highest BCUT2D eigenvalue weighted by atomic mass is 19.3. The number of piperazine rings is 1. The number of rotatable bonds is 5. The van der Waals surface area contributed by atoms with Gasteiger partial charge in [-0.3, -0.25) is 14.7 Å². The summed E-state index contributed by atoms with van der Waals surface area (Å²) in [4.78, 5) is 19.0. The third-order valence-corrected chi connectivity index (χ3v) is 5.81. The Morgan fingerprint density at radius 1 is 1.12 bits per heavy atom. The Balaban J connectivity index is 1.40. The van der Waals surface area contributed by atoms with E-state index < -0.39 is 12.0 Å². The number of nitrogens with two attached hydrogens (primary N) is 1. The molecule has 3 heterocycles. The van der Waals surface area contributed by atoms with Crippen LogP contribution in [-0.2, 0) is 0 Å². The van der Waals surface area contributed by atoms with Crippen LogP contribution < -0.4 is 5.73 Å². The average molecular weight is 359 g/mol. The maximum atomic E-state index is 14.5. The molecule has 3 saturated heterocycles. The maximum Gasteiger partial charge on any atom is 0.314 e. The zero-order valence-electron chi connectivity index (χ0n) is 15.2. The molecular weight excluding hydrogens is 328 g/mol. The molecule has 2 N–H and O–H groups in total. The number of alkyl halides is 2. The van der Waals surface area contributed by atoms with Crippen LogP contribution in [0.25, 0.3) is 0 Å². The van der Waals surface area contributed by atoms with Crippen molar-refractivity contribution in [3.8, 4) is 0 Å². The van der Waals surface area contributed by atoms with Crippen LogP contribution in [0.2, 0.25) is 0 Å². The molecule has 144 valence electrons. The molecule has 3 aliphatic heterocycles. The average Bonchev–Trinajstić information content (AvgIpc) is 2.51. The zero-order valence-corrected chi connectivity index (χ0v) is 15.2. The topological polar surface area (TPSA) is 56.1 Å². The summed E-state index contributed by atoms with van der Waals surface area (Å²) in [5.41, 5.74) is 5.29. The van der Waals surface area contributed by atoms with Crippen molar-refractivity contribution in [1.82, 2.24) is 19.6 Å². The number of hydrogen-bond donors (Lipinski definition) is 1. The van der Waals surface area contributed by atoms with Crippen molar-refractivity contribution in [3.63, 3.8) is 0 Å². The van der Waals surface area contributed by atoms with Gasteiger partial charge < -0.3 is 10.6 Å². The molecule has 0 saturated carbocycles. The summed E-state index contributed by atoms with van der Waals surface area (Å²) >= 11 is 0. The first-order valence-corrected chi connectivity index (χ1v) is 9.50. The number of likely N-dealkylation sites (tertiary alicyclic amines) is 2. The number of amides is 2. The number of halogens is 2. The van der Waals surface area contributed by atoms with Gasteiger partial charge in [-0.05, 0) is 25.3 Å². The molecule has 1 unspecified atom stereocenters. The fraction of sp³-hybridized carbons (Fsp3) is 0.941. The Morgan fingerprint density at radius 2 is 1.80 bits per heavy atom. The molecule has 0 radical (unpaired) electrons. The van der Waals surface area contributed by atoms with Crippen LogP contribution in [0.5, 0.6) is 0 Å². The summed E-state index contributed by atoms with van der Waals surface area (Å²) in [6.45, 7) is 8.94. The largest absolute Gasteiger partial charge is 0.351 e. The van der Waals surface area contributed by atoms with Crippen LogP contribution in [0, 0.1) is 5.92 Å². The minimum absolute atomic E-state index is 0.0955. The summed E-state index contributed by atoms with van der Waals surface area (Å²) in [5, 5.41) is 0. The maximum absolute atomic E-state index is 14.5. The second-order valence-electron chi connectivity index (χ2n) is 7.79. The quantitative estimate of drug-likeness (QED) is 0.787. The molecule has 8 heteroatoms. The SMILES string of the molecule is CCCN1CCC(N2CC(CN3CCN(C(N)=O)CC3)C2)C(F)(F)C1. The molecule has 0 spiro atoms. The smallest absolute Gasteiger partial charge is 0.314 e. The summed E-state index contributed by atoms with van der Waals surface area (Å²) in [7, 11) is 0. The fourth-order valence-electron chi connectivity index (χ4n) is 4.45. The van der Waals surface area contributed by atoms with Crippen molar-refractivity contribution in [3.05, 3.63) is 0 Å². The van der Waals surface area contributed by atoms with Crippen LogP contribution in [0.3, 0.4) is 0 Å². The highest BCUT2D eigenvalue weighted by molar-refractivity contribution is 5.72. The second kappa shape index (κ2) is 7.72. The fourth-order valence-corrected chi connectivity index (χ4v) is 4.45.